The Hall–Kier alpha value is -0.970. The molecular weight excluding hydrogens is 362 g/mol. The molecule has 1 aliphatic heterocycles. The van der Waals surface area contributed by atoms with E-state index in [2.05, 4.69) is 0 Å². The fourth-order valence-electron chi connectivity index (χ4n) is 2.62. The van der Waals surface area contributed by atoms with Crippen LogP contribution in [-0.4, -0.2) is 49.6 Å². The average molecular weight is 381 g/mol. The minimum atomic E-state index is -3.50. The number of hydrogen-bond donors (Lipinski definition) is 0. The summed E-state index contributed by atoms with van der Waals surface area (Å²) in [5.41, 5.74) is 0.487. The summed E-state index contributed by atoms with van der Waals surface area (Å²) in [6.45, 7) is 3.79. The highest BCUT2D eigenvalue weighted by Crippen LogP contribution is 2.45. The van der Waals surface area contributed by atoms with Gasteiger partial charge in [0.15, 0.2) is 20.9 Å². The van der Waals surface area contributed by atoms with Crippen LogP contribution in [0.1, 0.15) is 31.9 Å². The number of thiophene rings is 1. The first kappa shape index (κ1) is 18.4. The number of rotatable bonds is 4. The molecule has 1 aromatic rings. The largest absolute Gasteiger partial charge is 0.453 e. The second-order valence-electron chi connectivity index (χ2n) is 5.07. The molecule has 130 valence electrons. The molecule has 0 fully saturated rings. The smallest absolute Gasteiger partial charge is 0.409 e. The van der Waals surface area contributed by atoms with Crippen LogP contribution in [0.2, 0.25) is 0 Å². The summed E-state index contributed by atoms with van der Waals surface area (Å²) in [5, 5.41) is -0.638. The van der Waals surface area contributed by atoms with Crippen molar-refractivity contribution in [1.29, 1.82) is 0 Å². The lowest BCUT2D eigenvalue weighted by atomic mass is 10.0. The molecule has 2 heterocycles. The van der Waals surface area contributed by atoms with Gasteiger partial charge in [-0.05, 0) is 26.3 Å². The van der Waals surface area contributed by atoms with Gasteiger partial charge in [-0.15, -0.1) is 11.3 Å². The maximum absolute atomic E-state index is 12.6. The molecule has 0 bridgehead atoms. The van der Waals surface area contributed by atoms with Crippen LogP contribution < -0.4 is 0 Å². The number of amides is 1. The molecule has 1 amide bonds. The Labute approximate surface area is 142 Å². The molecular formula is C13H19NO6S3. The lowest BCUT2D eigenvalue weighted by molar-refractivity contribution is 0.104. The van der Waals surface area contributed by atoms with Gasteiger partial charge in [0, 0.05) is 12.1 Å². The Morgan fingerprint density at radius 2 is 2.13 bits per heavy atom. The van der Waals surface area contributed by atoms with Crippen molar-refractivity contribution in [3.8, 4) is 0 Å². The molecule has 10 heteroatoms. The summed E-state index contributed by atoms with van der Waals surface area (Å²) >= 11 is -0.785. The van der Waals surface area contributed by atoms with Crippen LogP contribution in [-0.2, 0) is 29.8 Å². The van der Waals surface area contributed by atoms with E-state index >= 15 is 0 Å². The monoisotopic (exact) mass is 381 g/mol. The fourth-order valence-corrected chi connectivity index (χ4v) is 7.13. The summed E-state index contributed by atoms with van der Waals surface area (Å²) in [6, 6.07) is 1.12. The molecule has 1 aromatic heterocycles. The summed E-state index contributed by atoms with van der Waals surface area (Å²) in [4.78, 5) is 13.5. The maximum atomic E-state index is 12.6. The summed E-state index contributed by atoms with van der Waals surface area (Å²) in [7, 11) is -0.925. The first-order valence-electron chi connectivity index (χ1n) is 6.96. The molecule has 0 N–H and O–H groups in total. The summed E-state index contributed by atoms with van der Waals surface area (Å²) < 4.78 is 47.0. The van der Waals surface area contributed by atoms with Crippen molar-refractivity contribution in [2.45, 2.75) is 40.0 Å². The molecule has 1 aliphatic rings. The molecule has 2 rings (SSSR count). The Bertz CT molecular complexity index is 726. The third-order valence-electron chi connectivity index (χ3n) is 3.85. The quantitative estimate of drug-likeness (QED) is 0.793. The second kappa shape index (κ2) is 6.88. The van der Waals surface area contributed by atoms with E-state index in [4.69, 9.17) is 8.92 Å². The van der Waals surface area contributed by atoms with Gasteiger partial charge in [0.1, 0.15) is 8.42 Å². The minimum absolute atomic E-state index is 0.156. The van der Waals surface area contributed by atoms with E-state index in [-0.39, 0.29) is 10.6 Å². The number of carbonyl (C=O) groups excluding carboxylic acids is 1. The van der Waals surface area contributed by atoms with Crippen molar-refractivity contribution in [3.63, 3.8) is 0 Å². The predicted molar refractivity (Wildman–Crippen MR) is 86.5 cm³/mol. The van der Waals surface area contributed by atoms with Crippen LogP contribution in [0.3, 0.4) is 0 Å². The van der Waals surface area contributed by atoms with E-state index in [1.54, 1.807) is 19.9 Å². The number of fused-ring (bicyclic) bond motifs is 1. The van der Waals surface area contributed by atoms with Crippen LogP contribution in [0.15, 0.2) is 14.5 Å². The lowest BCUT2D eigenvalue weighted by Gasteiger charge is -2.34. The average Bonchev–Trinajstić information content (AvgIpc) is 2.98. The van der Waals surface area contributed by atoms with E-state index in [0.29, 0.717) is 16.3 Å². The van der Waals surface area contributed by atoms with E-state index < -0.39 is 38.3 Å². The molecule has 0 aliphatic carbocycles. The van der Waals surface area contributed by atoms with Crippen LogP contribution in [0, 0.1) is 0 Å². The predicted octanol–water partition coefficient (Wildman–Crippen LogP) is 2.11. The SMILES string of the molecule is CCN(C(=O)OC)[C@H]1C[C@H](C)S(=O)(=O)c2sc(S(=O)OC)cc21. The van der Waals surface area contributed by atoms with Crippen LogP contribution in [0.4, 0.5) is 4.79 Å². The minimum Gasteiger partial charge on any atom is -0.453 e. The highest BCUT2D eigenvalue weighted by atomic mass is 32.3. The van der Waals surface area contributed by atoms with Gasteiger partial charge >= 0.3 is 6.09 Å². The number of nitrogens with zero attached hydrogens (tertiary/aromatic N) is 1. The van der Waals surface area contributed by atoms with Crippen LogP contribution in [0.25, 0.3) is 0 Å². The zero-order valence-corrected chi connectivity index (χ0v) is 15.7. The molecule has 3 atom stereocenters. The van der Waals surface area contributed by atoms with Crippen LogP contribution in [0.5, 0.6) is 0 Å². The maximum Gasteiger partial charge on any atom is 0.409 e. The topological polar surface area (TPSA) is 90.0 Å². The van der Waals surface area contributed by atoms with Gasteiger partial charge in [-0.25, -0.2) is 17.4 Å². The summed E-state index contributed by atoms with van der Waals surface area (Å²) in [6.07, 6.45) is -0.246. The van der Waals surface area contributed by atoms with Crippen molar-refractivity contribution in [2.24, 2.45) is 0 Å². The van der Waals surface area contributed by atoms with E-state index in [1.807, 2.05) is 0 Å². The molecule has 0 saturated carbocycles. The van der Waals surface area contributed by atoms with Gasteiger partial charge in [-0.2, -0.15) is 0 Å². The van der Waals surface area contributed by atoms with E-state index in [1.165, 1.54) is 19.1 Å². The standard InChI is InChI=1S/C13H19NO6S3/c1-5-14(13(15)19-3)10-6-8(2)23(17,18)12-9(10)7-11(21-12)22(16)20-4/h7-8,10H,5-6H2,1-4H3/t8-,10-,22?/m0/s1. The van der Waals surface area contributed by atoms with Gasteiger partial charge in [0.05, 0.1) is 25.5 Å². The molecule has 0 radical (unpaired) electrons. The van der Waals surface area contributed by atoms with Crippen molar-refractivity contribution in [1.82, 2.24) is 4.90 Å². The van der Waals surface area contributed by atoms with Gasteiger partial charge in [0.25, 0.3) is 0 Å². The van der Waals surface area contributed by atoms with E-state index in [0.717, 1.165) is 11.3 Å². The Kier molecular flexibility index (Phi) is 5.49. The second-order valence-corrected chi connectivity index (χ2v) is 10.2. The molecule has 0 aromatic carbocycles. The molecule has 7 nitrogen and oxygen atoms in total. The van der Waals surface area contributed by atoms with Gasteiger partial charge in [-0.3, -0.25) is 4.18 Å². The van der Waals surface area contributed by atoms with Gasteiger partial charge < -0.3 is 9.64 Å². The van der Waals surface area contributed by atoms with Crippen molar-refractivity contribution in [2.75, 3.05) is 20.8 Å². The molecule has 0 spiro atoms. The number of sulfone groups is 1. The highest BCUT2D eigenvalue weighted by Gasteiger charge is 2.42. The van der Waals surface area contributed by atoms with Crippen molar-refractivity contribution < 1.29 is 26.3 Å². The third-order valence-corrected chi connectivity index (χ3v) is 8.95. The first-order valence-corrected chi connectivity index (χ1v) is 10.4. The number of methoxy groups -OCH3 is 1. The zero-order valence-electron chi connectivity index (χ0n) is 13.3. The highest BCUT2D eigenvalue weighted by molar-refractivity contribution is 7.94. The number of hydrogen-bond acceptors (Lipinski definition) is 7. The zero-order chi connectivity index (χ0) is 17.4. The Balaban J connectivity index is 2.59. The Morgan fingerprint density at radius 3 is 2.65 bits per heavy atom. The fraction of sp³-hybridized carbons (Fsp3) is 0.615. The first-order chi connectivity index (χ1) is 10.8. The number of ether oxygens (including phenoxy) is 1. The molecule has 0 saturated heterocycles. The third kappa shape index (κ3) is 3.17. The molecule has 1 unspecified atom stereocenters. The van der Waals surface area contributed by atoms with Crippen molar-refractivity contribution >= 4 is 38.3 Å². The lowest BCUT2D eigenvalue weighted by Crippen LogP contribution is -2.40. The van der Waals surface area contributed by atoms with E-state index in [9.17, 15) is 17.4 Å². The Morgan fingerprint density at radius 1 is 1.48 bits per heavy atom. The number of carbonyl (C=O) groups is 1. The normalized spacial score (nSPS) is 23.8. The van der Waals surface area contributed by atoms with Gasteiger partial charge in [0.2, 0.25) is 0 Å². The van der Waals surface area contributed by atoms with Crippen molar-refractivity contribution in [3.05, 3.63) is 11.6 Å². The summed E-state index contributed by atoms with van der Waals surface area (Å²) in [5.74, 6) is 0. The van der Waals surface area contributed by atoms with Crippen LogP contribution >= 0.6 is 11.3 Å². The van der Waals surface area contributed by atoms with Gasteiger partial charge in [-0.1, -0.05) is 0 Å². The molecule has 23 heavy (non-hydrogen) atoms.